The maximum absolute atomic E-state index is 10.1. The lowest BCUT2D eigenvalue weighted by atomic mass is 10.0. The predicted octanol–water partition coefficient (Wildman–Crippen LogP) is -4.29. The highest BCUT2D eigenvalue weighted by Crippen LogP contribution is 2.14. The molecule has 69 heavy (non-hydrogen) atoms. The van der Waals surface area contributed by atoms with Gasteiger partial charge in [0.1, 0.15) is 36.6 Å². The molecule has 0 aliphatic carbocycles. The lowest BCUT2D eigenvalue weighted by molar-refractivity contribution is -0.164. The molecular formula is C38H64Cl2N10O19. The molecular weight excluding hydrogens is 971 g/mol. The normalized spacial score (nSPS) is 14.9. The number of nitrogens with zero attached hydrogens (tertiary/aromatic N) is 4. The molecule has 0 fully saturated rings. The molecule has 0 heterocycles. The summed E-state index contributed by atoms with van der Waals surface area (Å²) in [4.78, 5) is 54.7. The van der Waals surface area contributed by atoms with Gasteiger partial charge in [-0.05, 0) is 61.4 Å². The molecule has 0 aromatic heterocycles. The third-order valence-electron chi connectivity index (χ3n) is 7.33. The number of nitrogens with one attached hydrogen (secondary N) is 2. The fourth-order valence-electron chi connectivity index (χ4n) is 4.04. The van der Waals surface area contributed by atoms with Crippen molar-refractivity contribution in [2.75, 3.05) is 36.9 Å². The first-order valence-electron chi connectivity index (χ1n) is 19.5. The van der Waals surface area contributed by atoms with Gasteiger partial charge in [-0.1, -0.05) is 36.0 Å². The topological polar surface area (TPSA) is 561 Å². The van der Waals surface area contributed by atoms with Crippen molar-refractivity contribution in [1.82, 2.24) is 0 Å². The number of halogens is 2. The number of guanidine groups is 4. The van der Waals surface area contributed by atoms with Crippen LogP contribution in [0.1, 0.15) is 39.5 Å². The third-order valence-corrected chi connectivity index (χ3v) is 7.84. The number of carboxylic acid groups (broad SMARTS) is 4. The van der Waals surface area contributed by atoms with E-state index < -0.39 is 85.9 Å². The Hall–Kier alpha value is -6.06. The van der Waals surface area contributed by atoms with Crippen molar-refractivity contribution < 1.29 is 96.1 Å². The predicted molar refractivity (Wildman–Crippen MR) is 253 cm³/mol. The molecule has 0 spiro atoms. The van der Waals surface area contributed by atoms with E-state index in [0.29, 0.717) is 23.1 Å². The van der Waals surface area contributed by atoms with Crippen LogP contribution in [0.25, 0.3) is 0 Å². The van der Waals surface area contributed by atoms with E-state index in [4.69, 9.17) is 127 Å². The van der Waals surface area contributed by atoms with Crippen molar-refractivity contribution in [1.29, 1.82) is 0 Å². The largest absolute Gasteiger partial charge is 0.481 e. The minimum Gasteiger partial charge on any atom is -0.481 e. The average molecular weight is 1040 g/mol. The number of aliphatic imine (C=N–C) groups is 4. The van der Waals surface area contributed by atoms with E-state index in [9.17, 15) is 9.59 Å². The Morgan fingerprint density at radius 2 is 0.783 bits per heavy atom. The fraction of sp³-hybridized carbons (Fsp3) is 0.474. The molecule has 0 unspecified atom stereocenters. The average Bonchev–Trinajstić information content (AvgIpc) is 3.26. The number of anilines is 2. The summed E-state index contributed by atoms with van der Waals surface area (Å²) in [5.41, 5.74) is 24.8. The van der Waals surface area contributed by atoms with E-state index in [2.05, 4.69) is 30.6 Å². The van der Waals surface area contributed by atoms with Crippen LogP contribution in [0.3, 0.4) is 0 Å². The van der Waals surface area contributed by atoms with Crippen molar-refractivity contribution >= 4 is 82.3 Å². The Bertz CT molecular complexity index is 1740. The number of aliphatic hydroxyl groups excluding tert-OH is 10. The Morgan fingerprint density at radius 1 is 0.522 bits per heavy atom. The molecule has 0 amide bonds. The lowest BCUT2D eigenvalue weighted by Crippen LogP contribution is -2.48. The van der Waals surface area contributed by atoms with Crippen molar-refractivity contribution in [3.8, 4) is 0 Å². The van der Waals surface area contributed by atoms with Crippen molar-refractivity contribution in [3.05, 3.63) is 58.6 Å². The summed E-state index contributed by atoms with van der Waals surface area (Å²) >= 11 is 11.7. The fourth-order valence-corrected chi connectivity index (χ4v) is 4.29. The van der Waals surface area contributed by atoms with Crippen LogP contribution in [0.4, 0.5) is 11.4 Å². The summed E-state index contributed by atoms with van der Waals surface area (Å²) in [7, 11) is 0. The summed E-state index contributed by atoms with van der Waals surface area (Å²) in [5, 5.41) is 126. The lowest BCUT2D eigenvalue weighted by Gasteiger charge is -2.23. The zero-order valence-corrected chi connectivity index (χ0v) is 38.7. The quantitative estimate of drug-likeness (QED) is 0.0360. The van der Waals surface area contributed by atoms with Crippen LogP contribution in [-0.2, 0) is 19.2 Å². The molecule has 394 valence electrons. The van der Waals surface area contributed by atoms with Gasteiger partial charge in [-0.2, -0.15) is 9.98 Å². The maximum atomic E-state index is 10.1. The molecule has 29 nitrogen and oxygen atoms in total. The summed E-state index contributed by atoms with van der Waals surface area (Å²) in [6.45, 7) is 1.60. The van der Waals surface area contributed by atoms with Crippen LogP contribution in [0.5, 0.6) is 0 Å². The monoisotopic (exact) mass is 1030 g/mol. The summed E-state index contributed by atoms with van der Waals surface area (Å²) in [6, 6.07) is 14.1. The Morgan fingerprint density at radius 3 is 1.01 bits per heavy atom. The van der Waals surface area contributed by atoms with Crippen LogP contribution >= 0.6 is 23.2 Å². The van der Waals surface area contributed by atoms with E-state index in [1.54, 1.807) is 48.5 Å². The van der Waals surface area contributed by atoms with Gasteiger partial charge in [0.05, 0.1) is 13.2 Å². The number of carbonyl (C=O) groups is 4. The van der Waals surface area contributed by atoms with Crippen molar-refractivity contribution in [3.63, 3.8) is 0 Å². The first-order valence-corrected chi connectivity index (χ1v) is 20.2. The van der Waals surface area contributed by atoms with Crippen LogP contribution in [0, 0.1) is 0 Å². The van der Waals surface area contributed by atoms with Gasteiger partial charge in [0.2, 0.25) is 23.8 Å². The second-order valence-electron chi connectivity index (χ2n) is 13.2. The number of carboxylic acids is 4. The van der Waals surface area contributed by atoms with E-state index in [1.165, 1.54) is 0 Å². The number of hydrogen-bond donors (Lipinski definition) is 20. The highest BCUT2D eigenvalue weighted by atomic mass is 35.5. The number of nitrogens with two attached hydrogens (primary N) is 4. The molecule has 0 aliphatic heterocycles. The molecule has 8 atom stereocenters. The Kier molecular flexibility index (Phi) is 40.2. The van der Waals surface area contributed by atoms with E-state index in [-0.39, 0.29) is 29.3 Å². The number of aliphatic hydroxyl groups is 10. The van der Waals surface area contributed by atoms with Gasteiger partial charge in [-0.25, -0.2) is 9.59 Å². The van der Waals surface area contributed by atoms with Crippen molar-refractivity contribution in [2.24, 2.45) is 42.9 Å². The summed E-state index contributed by atoms with van der Waals surface area (Å²) in [6.07, 6.45) is -12.0. The second-order valence-corrected chi connectivity index (χ2v) is 14.1. The van der Waals surface area contributed by atoms with E-state index >= 15 is 0 Å². The number of benzene rings is 2. The van der Waals surface area contributed by atoms with Gasteiger partial charge < -0.3 is 111 Å². The van der Waals surface area contributed by atoms with Gasteiger partial charge >= 0.3 is 11.9 Å². The van der Waals surface area contributed by atoms with Crippen LogP contribution in [-0.4, -0.2) is 200 Å². The molecule has 26 N–H and O–H groups in total. The molecule has 31 heteroatoms. The number of hydrogen-bond acceptors (Lipinski definition) is 16. The van der Waals surface area contributed by atoms with Gasteiger partial charge in [0, 0.05) is 48.4 Å². The van der Waals surface area contributed by atoms with Crippen molar-refractivity contribution in [2.45, 2.75) is 88.4 Å². The van der Waals surface area contributed by atoms with Gasteiger partial charge in [-0.3, -0.25) is 19.6 Å². The third kappa shape index (κ3) is 37.6. The smallest absolute Gasteiger partial charge is 0.335 e. The molecule has 2 aromatic rings. The maximum Gasteiger partial charge on any atom is 0.335 e. The van der Waals surface area contributed by atoms with Gasteiger partial charge in [0.25, 0.3) is 11.9 Å². The number of aliphatic carboxylic acids is 4. The van der Waals surface area contributed by atoms with E-state index in [1.807, 2.05) is 0 Å². The molecule has 0 saturated carbocycles. The van der Waals surface area contributed by atoms with Gasteiger partial charge in [0.15, 0.2) is 12.2 Å². The molecule has 0 saturated heterocycles. The standard InChI is InChI=1S/C22H30Cl2N10.2C6H12O7.2C2H4O2.H2O/c23-15-5-9-17(10-6-15)31-21(27)33-19(25)29-13-3-1-2-4-14-30-20(26)34-22(28)32-18-11-7-16(24)8-12-18;2*7-1-2(8)3(9)4(10)5(11)6(12)13;2*1-2(3)4;/h5-12H,1-4,13-14H2,(H5,25,27,29,31,33)(H5,26,28,30,32,34);2*2-5,7-11H,1H2,(H,12,13);2*1H3,(H,3,4);1H2/t;2*2-,3-,4+,5-;;;/m.11.../s1. The number of unbranched alkanes of at least 4 members (excludes halogenated alkanes) is 3. The van der Waals surface area contributed by atoms with Crippen LogP contribution in [0.2, 0.25) is 10.0 Å². The van der Waals surface area contributed by atoms with E-state index in [0.717, 1.165) is 50.9 Å². The highest BCUT2D eigenvalue weighted by Gasteiger charge is 2.34. The summed E-state index contributed by atoms with van der Waals surface area (Å²) < 4.78 is 0. The number of rotatable bonds is 19. The second kappa shape index (κ2) is 39.9. The molecule has 2 aromatic carbocycles. The molecule has 2 rings (SSSR count). The van der Waals surface area contributed by atoms with Crippen LogP contribution < -0.4 is 33.6 Å². The summed E-state index contributed by atoms with van der Waals surface area (Å²) in [5.74, 6) is -4.55. The molecule has 0 radical (unpaired) electrons. The molecule has 0 aliphatic rings. The van der Waals surface area contributed by atoms with Crippen LogP contribution in [0.15, 0.2) is 68.5 Å². The Labute approximate surface area is 404 Å². The minimum atomic E-state index is -2.20. The SMILES string of the molecule is CC(=O)O.CC(=O)O.NC(=NCCCCCCN=C(N)N=C(N)Nc1ccc(Cl)cc1)N=C(N)Nc1ccc(Cl)cc1.O.O=C(O)[C@H](O)[C@@H](O)[C@H](O)[C@H](O)CO.O=C(O)[C@H](O)[C@@H](O)[C@H](O)[C@H](O)CO. The minimum absolute atomic E-state index is 0. The Balaban J connectivity index is -0.000000494. The zero-order valence-electron chi connectivity index (χ0n) is 37.1. The first-order chi connectivity index (χ1) is 31.6. The molecule has 0 bridgehead atoms. The zero-order chi connectivity index (χ0) is 53.1. The highest BCUT2D eigenvalue weighted by molar-refractivity contribution is 6.31. The van der Waals surface area contributed by atoms with Gasteiger partial charge in [-0.15, -0.1) is 0 Å². The first kappa shape index (κ1) is 69.5.